The van der Waals surface area contributed by atoms with Crippen LogP contribution >= 0.6 is 27.3 Å². The van der Waals surface area contributed by atoms with Gasteiger partial charge in [0.25, 0.3) is 5.56 Å². The summed E-state index contributed by atoms with van der Waals surface area (Å²) in [5.74, 6) is 0.425. The van der Waals surface area contributed by atoms with Crippen LogP contribution in [0.4, 0.5) is 0 Å². The Bertz CT molecular complexity index is 560. The largest absolute Gasteiger partial charge is 0.298 e. The van der Waals surface area contributed by atoms with Crippen LogP contribution in [0.25, 0.3) is 10.6 Å². The van der Waals surface area contributed by atoms with E-state index in [2.05, 4.69) is 34.8 Å². The molecular weight excluding hydrogens is 300 g/mol. The van der Waals surface area contributed by atoms with Gasteiger partial charge in [-0.25, -0.2) is 4.98 Å². The Hall–Kier alpha value is -0.940. The smallest absolute Gasteiger partial charge is 0.268 e. The third kappa shape index (κ3) is 2.66. The molecule has 0 saturated heterocycles. The van der Waals surface area contributed by atoms with Gasteiger partial charge >= 0.3 is 0 Å². The monoisotopic (exact) mass is 312 g/mol. The maximum absolute atomic E-state index is 12.1. The van der Waals surface area contributed by atoms with Crippen LogP contribution in [0.1, 0.15) is 13.8 Å². The number of halogens is 1. The maximum atomic E-state index is 12.1. The Labute approximate surface area is 112 Å². The molecular formula is C12H13BrN2OS. The predicted octanol–water partition coefficient (Wildman–Crippen LogP) is 3.39. The van der Waals surface area contributed by atoms with Crippen molar-refractivity contribution in [2.24, 2.45) is 5.92 Å². The number of hydrogen-bond acceptors (Lipinski definition) is 3. The van der Waals surface area contributed by atoms with E-state index in [1.54, 1.807) is 22.2 Å². The fourth-order valence-electron chi connectivity index (χ4n) is 1.57. The topological polar surface area (TPSA) is 34.9 Å². The van der Waals surface area contributed by atoms with Gasteiger partial charge < -0.3 is 0 Å². The van der Waals surface area contributed by atoms with Crippen LogP contribution < -0.4 is 5.56 Å². The van der Waals surface area contributed by atoms with Crippen LogP contribution in [-0.4, -0.2) is 9.55 Å². The number of nitrogens with zero attached hydrogens (tertiary/aromatic N) is 2. The normalized spacial score (nSPS) is 11.1. The van der Waals surface area contributed by atoms with Crippen LogP contribution in [0.5, 0.6) is 0 Å². The summed E-state index contributed by atoms with van der Waals surface area (Å²) < 4.78 is 2.19. The first-order chi connectivity index (χ1) is 8.09. The minimum atomic E-state index is -0.0166. The molecule has 0 fully saturated rings. The van der Waals surface area contributed by atoms with E-state index in [1.165, 1.54) is 0 Å². The van der Waals surface area contributed by atoms with Crippen molar-refractivity contribution in [3.8, 4) is 10.6 Å². The van der Waals surface area contributed by atoms with Crippen molar-refractivity contribution in [1.82, 2.24) is 9.55 Å². The molecule has 2 heterocycles. The lowest BCUT2D eigenvalue weighted by Crippen LogP contribution is -2.23. The van der Waals surface area contributed by atoms with Crippen molar-refractivity contribution in [2.75, 3.05) is 0 Å². The van der Waals surface area contributed by atoms with Gasteiger partial charge in [-0.05, 0) is 33.3 Å². The number of thiophene rings is 1. The van der Waals surface area contributed by atoms with Gasteiger partial charge in [0.1, 0.15) is 10.2 Å². The van der Waals surface area contributed by atoms with Gasteiger partial charge in [0.15, 0.2) is 0 Å². The Morgan fingerprint density at radius 2 is 2.29 bits per heavy atom. The van der Waals surface area contributed by atoms with E-state index in [1.807, 2.05) is 17.5 Å². The molecule has 5 heteroatoms. The average molecular weight is 313 g/mol. The summed E-state index contributed by atoms with van der Waals surface area (Å²) in [5, 5.41) is 1.98. The third-order valence-corrected chi connectivity index (χ3v) is 3.89. The van der Waals surface area contributed by atoms with Gasteiger partial charge in [-0.1, -0.05) is 19.9 Å². The van der Waals surface area contributed by atoms with E-state index in [-0.39, 0.29) is 5.56 Å². The van der Waals surface area contributed by atoms with Gasteiger partial charge in [0.05, 0.1) is 11.2 Å². The first kappa shape index (κ1) is 12.5. The maximum Gasteiger partial charge on any atom is 0.268 e. The van der Waals surface area contributed by atoms with Crippen molar-refractivity contribution in [2.45, 2.75) is 20.4 Å². The van der Waals surface area contributed by atoms with Crippen molar-refractivity contribution >= 4 is 27.3 Å². The molecule has 17 heavy (non-hydrogen) atoms. The fraction of sp³-hybridized carbons (Fsp3) is 0.333. The molecule has 0 aromatic carbocycles. The molecule has 0 unspecified atom stereocenters. The first-order valence-corrected chi connectivity index (χ1v) is 7.05. The highest BCUT2D eigenvalue weighted by Gasteiger charge is 2.12. The van der Waals surface area contributed by atoms with Crippen molar-refractivity contribution in [3.63, 3.8) is 0 Å². The van der Waals surface area contributed by atoms with E-state index in [0.29, 0.717) is 16.9 Å². The lowest BCUT2D eigenvalue weighted by atomic mass is 10.2. The Morgan fingerprint density at radius 1 is 1.53 bits per heavy atom. The summed E-state index contributed by atoms with van der Waals surface area (Å²) in [6.07, 6.45) is 1.63. The zero-order valence-corrected chi connectivity index (χ0v) is 12.1. The van der Waals surface area contributed by atoms with Crippen molar-refractivity contribution < 1.29 is 0 Å². The summed E-state index contributed by atoms with van der Waals surface area (Å²) >= 11 is 4.93. The van der Waals surface area contributed by atoms with E-state index >= 15 is 0 Å². The van der Waals surface area contributed by atoms with Crippen LogP contribution in [0.2, 0.25) is 0 Å². The Morgan fingerprint density at radius 3 is 2.88 bits per heavy atom. The summed E-state index contributed by atoms with van der Waals surface area (Å²) in [6.45, 7) is 4.84. The molecule has 2 aromatic rings. The average Bonchev–Trinajstić information content (AvgIpc) is 2.78. The van der Waals surface area contributed by atoms with Gasteiger partial charge in [-0.15, -0.1) is 11.3 Å². The summed E-state index contributed by atoms with van der Waals surface area (Å²) in [4.78, 5) is 17.5. The van der Waals surface area contributed by atoms with Crippen LogP contribution in [-0.2, 0) is 6.54 Å². The Balaban J connectivity index is 2.47. The van der Waals surface area contributed by atoms with Crippen molar-refractivity contribution in [3.05, 3.63) is 38.7 Å². The zero-order chi connectivity index (χ0) is 12.4. The molecule has 0 N–H and O–H groups in total. The molecule has 0 atom stereocenters. The zero-order valence-electron chi connectivity index (χ0n) is 9.68. The second-order valence-corrected chi connectivity index (χ2v) is 5.98. The molecule has 0 aliphatic rings. The third-order valence-electron chi connectivity index (χ3n) is 2.30. The molecule has 0 bridgehead atoms. The van der Waals surface area contributed by atoms with E-state index in [0.717, 1.165) is 10.6 Å². The fourth-order valence-corrected chi connectivity index (χ4v) is 2.97. The van der Waals surface area contributed by atoms with Gasteiger partial charge in [-0.3, -0.25) is 9.36 Å². The molecule has 0 aliphatic heterocycles. The lowest BCUT2D eigenvalue weighted by Gasteiger charge is -2.09. The standard InChI is InChI=1S/C12H13BrN2OS/c1-8(2)6-15-7-14-11(10(13)12(15)16)9-4-3-5-17-9/h3-5,7-8H,6H2,1-2H3. The molecule has 0 aliphatic carbocycles. The predicted molar refractivity (Wildman–Crippen MR) is 74.3 cm³/mol. The highest BCUT2D eigenvalue weighted by atomic mass is 79.9. The van der Waals surface area contributed by atoms with Crippen LogP contribution in [0.3, 0.4) is 0 Å². The molecule has 0 radical (unpaired) electrons. The minimum Gasteiger partial charge on any atom is -0.298 e. The van der Waals surface area contributed by atoms with Gasteiger partial charge in [0.2, 0.25) is 0 Å². The SMILES string of the molecule is CC(C)Cn1cnc(-c2cccs2)c(Br)c1=O. The van der Waals surface area contributed by atoms with E-state index < -0.39 is 0 Å². The van der Waals surface area contributed by atoms with Gasteiger partial charge in [-0.2, -0.15) is 0 Å². The van der Waals surface area contributed by atoms with Gasteiger partial charge in [0, 0.05) is 6.54 Å². The summed E-state index contributed by atoms with van der Waals surface area (Å²) in [5.41, 5.74) is 0.710. The molecule has 0 amide bonds. The molecule has 0 saturated carbocycles. The van der Waals surface area contributed by atoms with E-state index in [4.69, 9.17) is 0 Å². The molecule has 2 aromatic heterocycles. The first-order valence-electron chi connectivity index (χ1n) is 5.38. The highest BCUT2D eigenvalue weighted by molar-refractivity contribution is 9.10. The quantitative estimate of drug-likeness (QED) is 0.870. The molecule has 0 spiro atoms. The summed E-state index contributed by atoms with van der Waals surface area (Å²) in [7, 11) is 0. The molecule has 2 rings (SSSR count). The number of rotatable bonds is 3. The molecule has 3 nitrogen and oxygen atoms in total. The molecule has 90 valence electrons. The minimum absolute atomic E-state index is 0.0166. The highest BCUT2D eigenvalue weighted by Crippen LogP contribution is 2.27. The second kappa shape index (κ2) is 5.14. The van der Waals surface area contributed by atoms with Crippen LogP contribution in [0, 0.1) is 5.92 Å². The number of hydrogen-bond donors (Lipinski definition) is 0. The second-order valence-electron chi connectivity index (χ2n) is 4.24. The summed E-state index contributed by atoms with van der Waals surface area (Å²) in [6, 6.07) is 3.91. The number of aromatic nitrogens is 2. The Kier molecular flexibility index (Phi) is 3.79. The lowest BCUT2D eigenvalue weighted by molar-refractivity contribution is 0.504. The van der Waals surface area contributed by atoms with Crippen LogP contribution in [0.15, 0.2) is 33.1 Å². The van der Waals surface area contributed by atoms with Crippen molar-refractivity contribution in [1.29, 1.82) is 0 Å². The van der Waals surface area contributed by atoms with E-state index in [9.17, 15) is 4.79 Å².